The van der Waals surface area contributed by atoms with Crippen molar-refractivity contribution in [3.8, 4) is 0 Å². The smallest absolute Gasteiger partial charge is 0.242 e. The van der Waals surface area contributed by atoms with Crippen molar-refractivity contribution in [1.29, 1.82) is 0 Å². The van der Waals surface area contributed by atoms with E-state index in [9.17, 15) is 8.42 Å². The van der Waals surface area contributed by atoms with Crippen LogP contribution in [0.2, 0.25) is 10.0 Å². The third kappa shape index (κ3) is 3.65. The number of hydrogen-bond donors (Lipinski definition) is 2. The Morgan fingerprint density at radius 2 is 1.90 bits per heavy atom. The van der Waals surface area contributed by atoms with Gasteiger partial charge in [-0.1, -0.05) is 30.1 Å². The number of nitrogens with one attached hydrogen (secondary N) is 2. The summed E-state index contributed by atoms with van der Waals surface area (Å²) in [5.41, 5.74) is 0.392. The number of rotatable bonds is 6. The van der Waals surface area contributed by atoms with Crippen molar-refractivity contribution in [2.24, 2.45) is 0 Å². The lowest BCUT2D eigenvalue weighted by Crippen LogP contribution is -2.34. The summed E-state index contributed by atoms with van der Waals surface area (Å²) in [7, 11) is -3.62. The molecule has 0 saturated heterocycles. The molecule has 1 saturated carbocycles. The quantitative estimate of drug-likeness (QED) is 0.839. The molecule has 0 heterocycles. The molecule has 0 amide bonds. The standard InChI is InChI=1S/C13H18Cl2N2O2S/c1-3-16-8-9-6-12(11(15)7-10(9)14)20(18,19)17-13(2)4-5-13/h6-7,16-17H,3-5,8H2,1-2H3. The summed E-state index contributed by atoms with van der Waals surface area (Å²) < 4.78 is 27.5. The Hall–Kier alpha value is -0.330. The third-order valence-electron chi connectivity index (χ3n) is 3.34. The molecule has 1 fully saturated rings. The van der Waals surface area contributed by atoms with E-state index in [0.717, 1.165) is 24.9 Å². The van der Waals surface area contributed by atoms with E-state index in [1.807, 2.05) is 13.8 Å². The largest absolute Gasteiger partial charge is 0.313 e. The van der Waals surface area contributed by atoms with Crippen molar-refractivity contribution in [3.05, 3.63) is 27.7 Å². The van der Waals surface area contributed by atoms with Crippen molar-refractivity contribution >= 4 is 33.2 Å². The van der Waals surface area contributed by atoms with Gasteiger partial charge in [-0.25, -0.2) is 13.1 Å². The summed E-state index contributed by atoms with van der Waals surface area (Å²) >= 11 is 12.1. The molecule has 20 heavy (non-hydrogen) atoms. The molecular formula is C13H18Cl2N2O2S. The zero-order chi connectivity index (χ0) is 15.0. The van der Waals surface area contributed by atoms with Crippen molar-refractivity contribution in [2.75, 3.05) is 6.54 Å². The first-order chi connectivity index (χ1) is 9.27. The Morgan fingerprint density at radius 3 is 2.45 bits per heavy atom. The van der Waals surface area contributed by atoms with Gasteiger partial charge in [0, 0.05) is 17.1 Å². The molecular weight excluding hydrogens is 319 g/mol. The monoisotopic (exact) mass is 336 g/mol. The first-order valence-electron chi connectivity index (χ1n) is 6.50. The van der Waals surface area contributed by atoms with Crippen LogP contribution in [0.25, 0.3) is 0 Å². The minimum absolute atomic E-state index is 0.0876. The summed E-state index contributed by atoms with van der Waals surface area (Å²) in [6.45, 7) is 5.13. The van der Waals surface area contributed by atoms with Gasteiger partial charge in [0.05, 0.1) is 5.02 Å². The molecule has 2 rings (SSSR count). The predicted octanol–water partition coefficient (Wildman–Crippen LogP) is 2.93. The zero-order valence-corrected chi connectivity index (χ0v) is 13.8. The summed E-state index contributed by atoms with van der Waals surface area (Å²) in [5.74, 6) is 0. The van der Waals surface area contributed by atoms with Crippen LogP contribution in [-0.4, -0.2) is 20.5 Å². The number of halogens is 2. The van der Waals surface area contributed by atoms with Gasteiger partial charge >= 0.3 is 0 Å². The highest BCUT2D eigenvalue weighted by molar-refractivity contribution is 7.89. The fourth-order valence-corrected chi connectivity index (χ4v) is 4.17. The van der Waals surface area contributed by atoms with Gasteiger partial charge in [0.1, 0.15) is 4.90 Å². The first kappa shape index (κ1) is 16.0. The summed E-state index contributed by atoms with van der Waals surface area (Å²) in [4.78, 5) is 0.0876. The van der Waals surface area contributed by atoms with Crippen LogP contribution < -0.4 is 10.0 Å². The second kappa shape index (κ2) is 5.81. The van der Waals surface area contributed by atoms with Gasteiger partial charge in [-0.3, -0.25) is 0 Å². The molecule has 0 bridgehead atoms. The van der Waals surface area contributed by atoms with Gasteiger partial charge in [0.25, 0.3) is 0 Å². The third-order valence-corrected chi connectivity index (χ3v) is 5.79. The maximum Gasteiger partial charge on any atom is 0.242 e. The second-order valence-electron chi connectivity index (χ2n) is 5.32. The minimum atomic E-state index is -3.62. The van der Waals surface area contributed by atoms with E-state index in [4.69, 9.17) is 23.2 Å². The van der Waals surface area contributed by atoms with Gasteiger partial charge in [0.2, 0.25) is 10.0 Å². The summed E-state index contributed by atoms with van der Waals surface area (Å²) in [5, 5.41) is 3.73. The Labute approximate surface area is 129 Å². The van der Waals surface area contributed by atoms with Crippen LogP contribution in [0.15, 0.2) is 17.0 Å². The molecule has 0 radical (unpaired) electrons. The molecule has 0 aromatic heterocycles. The highest BCUT2D eigenvalue weighted by atomic mass is 35.5. The van der Waals surface area contributed by atoms with Crippen LogP contribution in [0.5, 0.6) is 0 Å². The van der Waals surface area contributed by atoms with Crippen LogP contribution in [0, 0.1) is 0 Å². The van der Waals surface area contributed by atoms with Crippen LogP contribution in [0.4, 0.5) is 0 Å². The van der Waals surface area contributed by atoms with E-state index in [1.165, 1.54) is 6.07 Å². The van der Waals surface area contributed by atoms with E-state index in [-0.39, 0.29) is 15.5 Å². The Balaban J connectivity index is 2.34. The molecule has 0 spiro atoms. The topological polar surface area (TPSA) is 58.2 Å². The Morgan fingerprint density at radius 1 is 1.25 bits per heavy atom. The molecule has 112 valence electrons. The molecule has 0 atom stereocenters. The molecule has 7 heteroatoms. The van der Waals surface area contributed by atoms with E-state index in [0.29, 0.717) is 11.6 Å². The Kier molecular flexibility index (Phi) is 4.66. The van der Waals surface area contributed by atoms with Gasteiger partial charge in [-0.15, -0.1) is 0 Å². The SMILES string of the molecule is CCNCc1cc(S(=O)(=O)NC2(C)CC2)c(Cl)cc1Cl. The van der Waals surface area contributed by atoms with E-state index < -0.39 is 10.0 Å². The van der Waals surface area contributed by atoms with Gasteiger partial charge in [0.15, 0.2) is 0 Å². The van der Waals surface area contributed by atoms with E-state index in [2.05, 4.69) is 10.0 Å². The molecule has 1 aliphatic rings. The van der Waals surface area contributed by atoms with Crippen LogP contribution in [-0.2, 0) is 16.6 Å². The normalized spacial score (nSPS) is 17.2. The summed E-state index contributed by atoms with van der Waals surface area (Å²) in [6, 6.07) is 3.03. The number of sulfonamides is 1. The van der Waals surface area contributed by atoms with Crippen molar-refractivity contribution in [1.82, 2.24) is 10.0 Å². The lowest BCUT2D eigenvalue weighted by atomic mass is 10.2. The number of benzene rings is 1. The average Bonchev–Trinajstić information content (AvgIpc) is 3.04. The molecule has 1 aromatic rings. The van der Waals surface area contributed by atoms with Crippen molar-refractivity contribution in [3.63, 3.8) is 0 Å². The lowest BCUT2D eigenvalue weighted by molar-refractivity contribution is 0.558. The van der Waals surface area contributed by atoms with E-state index >= 15 is 0 Å². The van der Waals surface area contributed by atoms with Gasteiger partial charge < -0.3 is 5.32 Å². The van der Waals surface area contributed by atoms with Crippen molar-refractivity contribution < 1.29 is 8.42 Å². The number of hydrogen-bond acceptors (Lipinski definition) is 3. The predicted molar refractivity (Wildman–Crippen MR) is 81.8 cm³/mol. The molecule has 2 N–H and O–H groups in total. The summed E-state index contributed by atoms with van der Waals surface area (Å²) in [6.07, 6.45) is 1.70. The highest BCUT2D eigenvalue weighted by Gasteiger charge is 2.41. The van der Waals surface area contributed by atoms with Crippen LogP contribution >= 0.6 is 23.2 Å². The van der Waals surface area contributed by atoms with E-state index in [1.54, 1.807) is 6.07 Å². The average molecular weight is 337 g/mol. The van der Waals surface area contributed by atoms with Crippen molar-refractivity contribution in [2.45, 2.75) is 43.7 Å². The fraction of sp³-hybridized carbons (Fsp3) is 0.538. The maximum atomic E-state index is 12.4. The molecule has 1 aliphatic carbocycles. The van der Waals surface area contributed by atoms with Crippen LogP contribution in [0.1, 0.15) is 32.3 Å². The van der Waals surface area contributed by atoms with Gasteiger partial charge in [-0.2, -0.15) is 0 Å². The molecule has 4 nitrogen and oxygen atoms in total. The van der Waals surface area contributed by atoms with Crippen LogP contribution in [0.3, 0.4) is 0 Å². The first-order valence-corrected chi connectivity index (χ1v) is 8.74. The second-order valence-corrected chi connectivity index (χ2v) is 7.79. The Bertz CT molecular complexity index is 613. The maximum absolute atomic E-state index is 12.4. The fourth-order valence-electron chi connectivity index (χ4n) is 1.84. The molecule has 1 aromatic carbocycles. The van der Waals surface area contributed by atoms with Gasteiger partial charge in [-0.05, 0) is 44.0 Å². The zero-order valence-electron chi connectivity index (χ0n) is 11.5. The minimum Gasteiger partial charge on any atom is -0.313 e. The lowest BCUT2D eigenvalue weighted by Gasteiger charge is -2.15. The molecule has 0 unspecified atom stereocenters. The highest BCUT2D eigenvalue weighted by Crippen LogP contribution is 2.37. The molecule has 0 aliphatic heterocycles.